The smallest absolute Gasteiger partial charge is 0.337 e. The molecule has 0 aliphatic rings. The Balaban J connectivity index is 2.19. The molecule has 0 saturated heterocycles. The van der Waals surface area contributed by atoms with Gasteiger partial charge in [0, 0.05) is 6.08 Å². The molecule has 7 nitrogen and oxygen atoms in total. The van der Waals surface area contributed by atoms with Gasteiger partial charge in [0.15, 0.2) is 0 Å². The second kappa shape index (κ2) is 8.09. The zero-order chi connectivity index (χ0) is 19.2. The number of amides is 1. The molecule has 0 heterocycles. The van der Waals surface area contributed by atoms with Crippen molar-refractivity contribution in [2.24, 2.45) is 0 Å². The Hall–Kier alpha value is -3.44. The van der Waals surface area contributed by atoms with Crippen LogP contribution in [0.1, 0.15) is 21.5 Å². The fraction of sp³-hybridized carbons (Fsp3) is 0.0556. The number of ether oxygens (including phenoxy) is 1. The molecule has 0 radical (unpaired) electrons. The first-order chi connectivity index (χ1) is 12.4. The molecule has 0 fully saturated rings. The normalized spacial score (nSPS) is 10.9. The molecule has 1 N–H and O–H groups in total. The van der Waals surface area contributed by atoms with Crippen molar-refractivity contribution < 1.29 is 22.7 Å². The van der Waals surface area contributed by atoms with E-state index in [2.05, 4.69) is 4.74 Å². The van der Waals surface area contributed by atoms with E-state index in [4.69, 9.17) is 5.26 Å². The van der Waals surface area contributed by atoms with E-state index in [1.807, 2.05) is 10.8 Å². The van der Waals surface area contributed by atoms with Crippen LogP contribution in [0.3, 0.4) is 0 Å². The van der Waals surface area contributed by atoms with Crippen LogP contribution in [0.5, 0.6) is 0 Å². The fourth-order valence-corrected chi connectivity index (χ4v) is 3.03. The van der Waals surface area contributed by atoms with Gasteiger partial charge in [-0.1, -0.05) is 24.3 Å². The van der Waals surface area contributed by atoms with E-state index in [0.717, 1.165) is 12.1 Å². The van der Waals surface area contributed by atoms with E-state index < -0.39 is 21.9 Å². The minimum atomic E-state index is -4.17. The lowest BCUT2D eigenvalue weighted by molar-refractivity contribution is -0.114. The van der Waals surface area contributed by atoms with E-state index in [1.54, 1.807) is 24.3 Å². The second-order valence-electron chi connectivity index (χ2n) is 5.02. The van der Waals surface area contributed by atoms with Crippen LogP contribution in [0.15, 0.2) is 59.5 Å². The summed E-state index contributed by atoms with van der Waals surface area (Å²) in [5.41, 5.74) is 0.877. The molecular weight excluding hydrogens is 356 g/mol. The average molecular weight is 370 g/mol. The Morgan fingerprint density at radius 1 is 1.15 bits per heavy atom. The van der Waals surface area contributed by atoms with Gasteiger partial charge >= 0.3 is 5.97 Å². The van der Waals surface area contributed by atoms with E-state index >= 15 is 0 Å². The molecule has 0 spiro atoms. The van der Waals surface area contributed by atoms with Crippen LogP contribution in [-0.4, -0.2) is 27.4 Å². The number of benzene rings is 2. The lowest BCUT2D eigenvalue weighted by Gasteiger charge is -2.06. The number of sulfonamides is 1. The van der Waals surface area contributed by atoms with Gasteiger partial charge < -0.3 is 4.74 Å². The first-order valence-electron chi connectivity index (χ1n) is 7.30. The number of esters is 1. The molecule has 2 aromatic carbocycles. The first kappa shape index (κ1) is 18.9. The van der Waals surface area contributed by atoms with Crippen molar-refractivity contribution in [3.8, 4) is 6.07 Å². The minimum absolute atomic E-state index is 0.0429. The van der Waals surface area contributed by atoms with Crippen molar-refractivity contribution in [3.63, 3.8) is 0 Å². The maximum atomic E-state index is 12.3. The molecule has 2 rings (SSSR count). The number of rotatable bonds is 5. The highest BCUT2D eigenvalue weighted by atomic mass is 32.2. The highest BCUT2D eigenvalue weighted by Crippen LogP contribution is 2.13. The Bertz CT molecular complexity index is 1020. The Kier molecular flexibility index (Phi) is 5.88. The third-order valence-electron chi connectivity index (χ3n) is 3.30. The standard InChI is InChI=1S/C18H14N2O5S/c1-25-18(22)14-7-4-8-16(11-14)26(23,24)20-17(21)10-9-13-5-2-3-6-15(13)12-19/h2-11H,1H3,(H,20,21)/b10-9+. The highest BCUT2D eigenvalue weighted by Gasteiger charge is 2.18. The van der Waals surface area contributed by atoms with Crippen LogP contribution in [0.4, 0.5) is 0 Å². The molecule has 0 aliphatic heterocycles. The second-order valence-corrected chi connectivity index (χ2v) is 6.70. The van der Waals surface area contributed by atoms with Gasteiger partial charge in [0.2, 0.25) is 0 Å². The summed E-state index contributed by atoms with van der Waals surface area (Å²) in [6, 6.07) is 13.6. The lowest BCUT2D eigenvalue weighted by Crippen LogP contribution is -2.29. The van der Waals surface area contributed by atoms with Crippen molar-refractivity contribution >= 4 is 28.0 Å². The summed E-state index contributed by atoms with van der Waals surface area (Å²) in [6.45, 7) is 0. The minimum Gasteiger partial charge on any atom is -0.465 e. The number of nitriles is 1. The highest BCUT2D eigenvalue weighted by molar-refractivity contribution is 7.90. The third kappa shape index (κ3) is 4.55. The van der Waals surface area contributed by atoms with Gasteiger partial charge in [-0.25, -0.2) is 17.9 Å². The predicted molar refractivity (Wildman–Crippen MR) is 93.3 cm³/mol. The number of carbonyl (C=O) groups is 2. The van der Waals surface area contributed by atoms with Gasteiger partial charge in [-0.3, -0.25) is 4.79 Å². The largest absolute Gasteiger partial charge is 0.465 e. The van der Waals surface area contributed by atoms with E-state index in [-0.39, 0.29) is 10.5 Å². The molecule has 0 aromatic heterocycles. The lowest BCUT2D eigenvalue weighted by atomic mass is 10.1. The van der Waals surface area contributed by atoms with Crippen molar-refractivity contribution in [2.45, 2.75) is 4.90 Å². The maximum Gasteiger partial charge on any atom is 0.337 e. The quantitative estimate of drug-likeness (QED) is 0.635. The van der Waals surface area contributed by atoms with Gasteiger partial charge in [0.05, 0.1) is 29.2 Å². The van der Waals surface area contributed by atoms with Gasteiger partial charge in [-0.2, -0.15) is 5.26 Å². The maximum absolute atomic E-state index is 12.3. The summed E-state index contributed by atoms with van der Waals surface area (Å²) in [5, 5.41) is 8.99. The zero-order valence-corrected chi connectivity index (χ0v) is 14.5. The molecule has 0 saturated carbocycles. The van der Waals surface area contributed by atoms with Crippen LogP contribution < -0.4 is 4.72 Å². The molecule has 8 heteroatoms. The Morgan fingerprint density at radius 2 is 1.88 bits per heavy atom. The molecule has 0 unspecified atom stereocenters. The predicted octanol–water partition coefficient (Wildman–Crippen LogP) is 1.86. The van der Waals surface area contributed by atoms with E-state index in [1.165, 1.54) is 31.4 Å². The number of nitrogens with zero attached hydrogens (tertiary/aromatic N) is 1. The monoisotopic (exact) mass is 370 g/mol. The van der Waals surface area contributed by atoms with Crippen molar-refractivity contribution in [1.82, 2.24) is 4.72 Å². The molecule has 1 amide bonds. The summed E-state index contributed by atoms with van der Waals surface area (Å²) in [4.78, 5) is 23.2. The molecule has 0 atom stereocenters. The summed E-state index contributed by atoms with van der Waals surface area (Å²) >= 11 is 0. The molecular formula is C18H14N2O5S. The SMILES string of the molecule is COC(=O)c1cccc(S(=O)(=O)NC(=O)/C=C/c2ccccc2C#N)c1. The van der Waals surface area contributed by atoms with Crippen molar-refractivity contribution in [2.75, 3.05) is 7.11 Å². The van der Waals surface area contributed by atoms with Gasteiger partial charge in [-0.05, 0) is 35.9 Å². The van der Waals surface area contributed by atoms with Crippen LogP contribution in [0.2, 0.25) is 0 Å². The summed E-state index contributed by atoms with van der Waals surface area (Å²) in [5.74, 6) is -1.58. The van der Waals surface area contributed by atoms with Crippen molar-refractivity contribution in [3.05, 3.63) is 71.3 Å². The molecule has 132 valence electrons. The number of carbonyl (C=O) groups excluding carboxylic acids is 2. The van der Waals surface area contributed by atoms with E-state index in [9.17, 15) is 18.0 Å². The van der Waals surface area contributed by atoms with Gasteiger partial charge in [0.1, 0.15) is 0 Å². The number of hydrogen-bond acceptors (Lipinski definition) is 6. The van der Waals surface area contributed by atoms with Gasteiger partial charge in [0.25, 0.3) is 15.9 Å². The van der Waals surface area contributed by atoms with Crippen LogP contribution >= 0.6 is 0 Å². The Morgan fingerprint density at radius 3 is 2.58 bits per heavy atom. The van der Waals surface area contributed by atoms with Crippen LogP contribution in [-0.2, 0) is 19.6 Å². The van der Waals surface area contributed by atoms with Crippen molar-refractivity contribution in [1.29, 1.82) is 5.26 Å². The Labute approximate surface area is 150 Å². The number of methoxy groups -OCH3 is 1. The zero-order valence-electron chi connectivity index (χ0n) is 13.7. The molecule has 0 aliphatic carbocycles. The molecule has 26 heavy (non-hydrogen) atoms. The van der Waals surface area contributed by atoms with Crippen LogP contribution in [0.25, 0.3) is 6.08 Å². The molecule has 0 bridgehead atoms. The first-order valence-corrected chi connectivity index (χ1v) is 8.78. The topological polar surface area (TPSA) is 113 Å². The summed E-state index contributed by atoms with van der Waals surface area (Å²) in [7, 11) is -2.99. The van der Waals surface area contributed by atoms with Gasteiger partial charge in [-0.15, -0.1) is 0 Å². The van der Waals surface area contributed by atoms with Crippen LogP contribution in [0, 0.1) is 11.3 Å². The summed E-state index contributed by atoms with van der Waals surface area (Å²) < 4.78 is 31.0. The average Bonchev–Trinajstić information content (AvgIpc) is 2.65. The molecule has 2 aromatic rings. The fourth-order valence-electron chi connectivity index (χ4n) is 2.04. The summed E-state index contributed by atoms with van der Waals surface area (Å²) in [6.07, 6.45) is 2.35. The number of nitrogens with one attached hydrogen (secondary N) is 1. The number of hydrogen-bond donors (Lipinski definition) is 1. The third-order valence-corrected chi connectivity index (χ3v) is 4.64. The van der Waals surface area contributed by atoms with E-state index in [0.29, 0.717) is 11.1 Å².